The van der Waals surface area contributed by atoms with Crippen LogP contribution in [-0.4, -0.2) is 9.55 Å². The molecule has 0 aliphatic carbocycles. The van der Waals surface area contributed by atoms with Crippen LogP contribution in [0.3, 0.4) is 0 Å². The normalized spacial score (nSPS) is 13.3. The average molecular weight is 725 g/mol. The lowest BCUT2D eigenvalue weighted by Gasteiger charge is -2.39. The standard InChI is InChI=1S/C51H84N2/c1-4-6-8-10-12-14-16-18-19-20-21-22-24-26-28-36-42-49(51(3,48-40-34-31-35-41-48)46-47-38-32-30-33-39-47)50-52-43-45-53(50)44-37-29-27-25-23-17-15-13-11-9-7-5-2/h30-35,38-41,43,45,49H,4-29,36-37,42,44,46H2,1-3H3. The summed E-state index contributed by atoms with van der Waals surface area (Å²) in [6.07, 6.45) is 45.9. The van der Waals surface area contributed by atoms with Gasteiger partial charge in [0.05, 0.1) is 0 Å². The third kappa shape index (κ3) is 19.2. The monoisotopic (exact) mass is 725 g/mol. The van der Waals surface area contributed by atoms with Crippen LogP contribution in [-0.2, 0) is 18.4 Å². The van der Waals surface area contributed by atoms with Gasteiger partial charge in [-0.15, -0.1) is 0 Å². The van der Waals surface area contributed by atoms with Crippen molar-refractivity contribution in [3.05, 3.63) is 90.0 Å². The molecular weight excluding hydrogens is 641 g/mol. The molecule has 0 fully saturated rings. The van der Waals surface area contributed by atoms with E-state index in [1.54, 1.807) is 0 Å². The first kappa shape index (κ1) is 45.0. The molecule has 2 aromatic carbocycles. The van der Waals surface area contributed by atoms with Crippen LogP contribution in [0.2, 0.25) is 0 Å². The fourth-order valence-corrected chi connectivity index (χ4v) is 8.84. The maximum absolute atomic E-state index is 5.18. The highest BCUT2D eigenvalue weighted by molar-refractivity contribution is 5.33. The number of aryl methyl sites for hydroxylation is 1. The van der Waals surface area contributed by atoms with E-state index >= 15 is 0 Å². The molecule has 2 nitrogen and oxygen atoms in total. The van der Waals surface area contributed by atoms with Gasteiger partial charge in [0, 0.05) is 30.3 Å². The first-order chi connectivity index (χ1) is 26.2. The predicted molar refractivity (Wildman–Crippen MR) is 234 cm³/mol. The molecule has 2 atom stereocenters. The highest BCUT2D eigenvalue weighted by Crippen LogP contribution is 2.44. The van der Waals surface area contributed by atoms with Crippen LogP contribution in [0, 0.1) is 0 Å². The van der Waals surface area contributed by atoms with Crippen LogP contribution in [0.1, 0.15) is 230 Å². The second kappa shape index (κ2) is 29.9. The van der Waals surface area contributed by atoms with Gasteiger partial charge in [-0.2, -0.15) is 0 Å². The molecule has 0 saturated heterocycles. The van der Waals surface area contributed by atoms with Gasteiger partial charge in [0.25, 0.3) is 0 Å². The van der Waals surface area contributed by atoms with Crippen LogP contribution >= 0.6 is 0 Å². The molecule has 2 unspecified atom stereocenters. The van der Waals surface area contributed by atoms with Crippen molar-refractivity contribution in [1.82, 2.24) is 9.55 Å². The van der Waals surface area contributed by atoms with Gasteiger partial charge in [-0.05, 0) is 30.4 Å². The van der Waals surface area contributed by atoms with Crippen molar-refractivity contribution < 1.29 is 0 Å². The zero-order valence-corrected chi connectivity index (χ0v) is 35.3. The number of benzene rings is 2. The van der Waals surface area contributed by atoms with Crippen molar-refractivity contribution in [2.75, 3.05) is 0 Å². The zero-order chi connectivity index (χ0) is 37.5. The van der Waals surface area contributed by atoms with E-state index in [-0.39, 0.29) is 5.41 Å². The minimum absolute atomic E-state index is 0.0300. The van der Waals surface area contributed by atoms with Gasteiger partial charge in [0.2, 0.25) is 0 Å². The van der Waals surface area contributed by atoms with Crippen molar-refractivity contribution in [1.29, 1.82) is 0 Å². The molecule has 0 N–H and O–H groups in total. The highest BCUT2D eigenvalue weighted by Gasteiger charge is 2.39. The van der Waals surface area contributed by atoms with Crippen LogP contribution in [0.5, 0.6) is 0 Å². The summed E-state index contributed by atoms with van der Waals surface area (Å²) in [6.45, 7) is 8.25. The van der Waals surface area contributed by atoms with Crippen LogP contribution in [0.15, 0.2) is 73.1 Å². The lowest BCUT2D eigenvalue weighted by Crippen LogP contribution is -2.35. The minimum atomic E-state index is -0.0300. The molecule has 2 heteroatoms. The second-order valence-corrected chi connectivity index (χ2v) is 17.0. The molecule has 0 bridgehead atoms. The summed E-state index contributed by atoms with van der Waals surface area (Å²) in [6, 6.07) is 22.6. The molecule has 0 saturated carbocycles. The number of unbranched alkanes of at least 4 members (excludes halogenated alkanes) is 26. The number of nitrogens with zero attached hydrogens (tertiary/aromatic N) is 2. The van der Waals surface area contributed by atoms with Crippen molar-refractivity contribution in [2.45, 2.75) is 231 Å². The Labute approximate surface area is 329 Å². The van der Waals surface area contributed by atoms with E-state index in [2.05, 4.69) is 98.4 Å². The van der Waals surface area contributed by atoms with Gasteiger partial charge in [-0.1, -0.05) is 255 Å². The van der Waals surface area contributed by atoms with Gasteiger partial charge in [-0.3, -0.25) is 0 Å². The summed E-state index contributed by atoms with van der Waals surface area (Å²) in [5.74, 6) is 1.69. The lowest BCUT2D eigenvalue weighted by atomic mass is 9.66. The molecule has 53 heavy (non-hydrogen) atoms. The Bertz CT molecular complexity index is 1220. The molecule has 1 aromatic heterocycles. The molecule has 1 heterocycles. The molecule has 3 aromatic rings. The Balaban J connectivity index is 1.50. The SMILES string of the molecule is CCCCCCCCCCCCCCCCCCC(c1nccn1CCCCCCCCCCCCCC)C(C)(Cc1ccccc1)c1ccccc1. The third-order valence-corrected chi connectivity index (χ3v) is 12.3. The lowest BCUT2D eigenvalue weighted by molar-refractivity contribution is 0.321. The number of hydrogen-bond acceptors (Lipinski definition) is 1. The first-order valence-electron chi connectivity index (χ1n) is 23.3. The zero-order valence-electron chi connectivity index (χ0n) is 35.3. The number of hydrogen-bond donors (Lipinski definition) is 0. The maximum Gasteiger partial charge on any atom is 0.112 e. The van der Waals surface area contributed by atoms with Crippen LogP contribution < -0.4 is 0 Å². The minimum Gasteiger partial charge on any atom is -0.335 e. The van der Waals surface area contributed by atoms with E-state index in [0.29, 0.717) is 5.92 Å². The first-order valence-corrected chi connectivity index (χ1v) is 23.3. The van der Waals surface area contributed by atoms with E-state index < -0.39 is 0 Å². The molecule has 3 rings (SSSR count). The maximum atomic E-state index is 5.18. The Kier molecular flexibility index (Phi) is 25.4. The fourth-order valence-electron chi connectivity index (χ4n) is 8.84. The Morgan fingerprint density at radius 3 is 1.34 bits per heavy atom. The molecule has 0 amide bonds. The van der Waals surface area contributed by atoms with Crippen LogP contribution in [0.4, 0.5) is 0 Å². The second-order valence-electron chi connectivity index (χ2n) is 17.0. The quantitative estimate of drug-likeness (QED) is 0.0552. The van der Waals surface area contributed by atoms with E-state index in [9.17, 15) is 0 Å². The average Bonchev–Trinajstić information content (AvgIpc) is 3.65. The molecule has 0 aliphatic rings. The summed E-state index contributed by atoms with van der Waals surface area (Å²) in [7, 11) is 0. The highest BCUT2D eigenvalue weighted by atomic mass is 15.1. The number of imidazole rings is 1. The van der Waals surface area contributed by atoms with E-state index in [0.717, 1.165) is 13.0 Å². The number of aromatic nitrogens is 2. The topological polar surface area (TPSA) is 17.8 Å². The summed E-state index contributed by atoms with van der Waals surface area (Å²) >= 11 is 0. The fraction of sp³-hybridized carbons (Fsp3) is 0.706. The molecule has 298 valence electrons. The van der Waals surface area contributed by atoms with Gasteiger partial charge in [0.15, 0.2) is 0 Å². The van der Waals surface area contributed by atoms with Gasteiger partial charge in [0.1, 0.15) is 5.82 Å². The van der Waals surface area contributed by atoms with E-state index in [1.807, 2.05) is 0 Å². The van der Waals surface area contributed by atoms with Gasteiger partial charge < -0.3 is 4.57 Å². The summed E-state index contributed by atoms with van der Waals surface area (Å²) in [5, 5.41) is 0. The Morgan fingerprint density at radius 1 is 0.491 bits per heavy atom. The van der Waals surface area contributed by atoms with Crippen LogP contribution in [0.25, 0.3) is 0 Å². The largest absolute Gasteiger partial charge is 0.335 e. The summed E-state index contributed by atoms with van der Waals surface area (Å²) < 4.78 is 2.54. The predicted octanol–water partition coefficient (Wildman–Crippen LogP) is 16.5. The van der Waals surface area contributed by atoms with Crippen molar-refractivity contribution in [3.63, 3.8) is 0 Å². The smallest absolute Gasteiger partial charge is 0.112 e. The van der Waals surface area contributed by atoms with Crippen molar-refractivity contribution in [3.8, 4) is 0 Å². The van der Waals surface area contributed by atoms with Crippen molar-refractivity contribution in [2.24, 2.45) is 0 Å². The Morgan fingerprint density at radius 2 is 0.887 bits per heavy atom. The van der Waals surface area contributed by atoms with E-state index in [4.69, 9.17) is 4.98 Å². The molecular formula is C51H84N2. The molecule has 0 spiro atoms. The van der Waals surface area contributed by atoms with Gasteiger partial charge >= 0.3 is 0 Å². The van der Waals surface area contributed by atoms with E-state index in [1.165, 1.54) is 203 Å². The van der Waals surface area contributed by atoms with Crippen molar-refractivity contribution >= 4 is 0 Å². The summed E-state index contributed by atoms with van der Waals surface area (Å²) in [4.78, 5) is 5.18. The Hall–Kier alpha value is -2.35. The molecule has 0 radical (unpaired) electrons. The number of rotatable bonds is 35. The van der Waals surface area contributed by atoms with Gasteiger partial charge in [-0.25, -0.2) is 4.98 Å². The third-order valence-electron chi connectivity index (χ3n) is 12.3. The molecule has 0 aliphatic heterocycles. The summed E-state index contributed by atoms with van der Waals surface area (Å²) in [5.41, 5.74) is 2.85.